The molecule has 162 valence electrons. The highest BCUT2D eigenvalue weighted by Crippen LogP contribution is 2.27. The molecule has 2 aromatic carbocycles. The van der Waals surface area contributed by atoms with E-state index in [1.165, 1.54) is 0 Å². The maximum Gasteiger partial charge on any atom is 0.326 e. The van der Waals surface area contributed by atoms with Crippen molar-refractivity contribution in [1.82, 2.24) is 19.9 Å². The van der Waals surface area contributed by atoms with E-state index in [-0.39, 0.29) is 11.6 Å². The average Bonchev–Trinajstić information content (AvgIpc) is 3.24. The van der Waals surface area contributed by atoms with Gasteiger partial charge >= 0.3 is 5.97 Å². The summed E-state index contributed by atoms with van der Waals surface area (Å²) in [6.07, 6.45) is 3.70. The second-order valence-electron chi connectivity index (χ2n) is 8.03. The smallest absolute Gasteiger partial charge is 0.326 e. The third-order valence-electron chi connectivity index (χ3n) is 5.17. The zero-order chi connectivity index (χ0) is 22.7. The summed E-state index contributed by atoms with van der Waals surface area (Å²) in [4.78, 5) is 33.6. The molecule has 7 nitrogen and oxygen atoms in total. The lowest BCUT2D eigenvalue weighted by Crippen LogP contribution is -2.41. The fourth-order valence-electron chi connectivity index (χ4n) is 3.68. The molecule has 0 aliphatic heterocycles. The molecule has 0 aliphatic rings. The molecular weight excluding hydrogens is 404 g/mol. The summed E-state index contributed by atoms with van der Waals surface area (Å²) in [5.74, 6) is -0.873. The Morgan fingerprint density at radius 3 is 2.47 bits per heavy atom. The number of aromatic nitrogens is 3. The van der Waals surface area contributed by atoms with Gasteiger partial charge in [-0.25, -0.2) is 9.78 Å². The number of aliphatic carboxylic acids is 1. The first-order valence-corrected chi connectivity index (χ1v) is 10.5. The molecule has 0 bridgehead atoms. The largest absolute Gasteiger partial charge is 0.480 e. The molecule has 2 aromatic heterocycles. The minimum Gasteiger partial charge on any atom is -0.480 e. The lowest BCUT2D eigenvalue weighted by atomic mass is 10.0. The number of benzene rings is 2. The standard InChI is InChI=1S/C25H24N4O3/c1-16(2)14-20(25(31)32)28-24(30)21-15-29(23(27-21)17-8-4-3-5-9-17)22-12-13-26-19-11-7-6-10-18(19)22/h3-13,15-16,20H,14H2,1-2H3,(H,28,30)(H,31,32)/t20-/m0/s1. The number of amides is 1. The van der Waals surface area contributed by atoms with Gasteiger partial charge in [-0.05, 0) is 24.5 Å². The van der Waals surface area contributed by atoms with Gasteiger partial charge in [0.2, 0.25) is 0 Å². The van der Waals surface area contributed by atoms with E-state index in [0.29, 0.717) is 12.2 Å². The van der Waals surface area contributed by atoms with Gasteiger partial charge in [-0.15, -0.1) is 0 Å². The summed E-state index contributed by atoms with van der Waals surface area (Å²) < 4.78 is 1.85. The molecule has 0 saturated carbocycles. The van der Waals surface area contributed by atoms with Crippen LogP contribution in [0.1, 0.15) is 30.8 Å². The van der Waals surface area contributed by atoms with E-state index in [0.717, 1.165) is 22.2 Å². The molecule has 2 heterocycles. The van der Waals surface area contributed by atoms with Crippen molar-refractivity contribution >= 4 is 22.8 Å². The van der Waals surface area contributed by atoms with E-state index in [2.05, 4.69) is 15.3 Å². The Morgan fingerprint density at radius 2 is 1.75 bits per heavy atom. The first kappa shape index (κ1) is 21.2. The van der Waals surface area contributed by atoms with Crippen molar-refractivity contribution in [1.29, 1.82) is 0 Å². The van der Waals surface area contributed by atoms with Crippen LogP contribution in [-0.4, -0.2) is 37.6 Å². The molecule has 0 spiro atoms. The molecule has 2 N–H and O–H groups in total. The number of carbonyl (C=O) groups excluding carboxylic acids is 1. The van der Waals surface area contributed by atoms with Crippen molar-refractivity contribution in [2.45, 2.75) is 26.3 Å². The van der Waals surface area contributed by atoms with Crippen molar-refractivity contribution in [2.24, 2.45) is 5.92 Å². The molecule has 4 rings (SSSR count). The summed E-state index contributed by atoms with van der Waals surface area (Å²) in [6, 6.07) is 18.2. The fraction of sp³-hybridized carbons (Fsp3) is 0.200. The van der Waals surface area contributed by atoms with Gasteiger partial charge in [0, 0.05) is 23.3 Å². The third kappa shape index (κ3) is 4.37. The summed E-state index contributed by atoms with van der Waals surface area (Å²) >= 11 is 0. The van der Waals surface area contributed by atoms with Crippen LogP contribution >= 0.6 is 0 Å². The number of nitrogens with zero attached hydrogens (tertiary/aromatic N) is 3. The van der Waals surface area contributed by atoms with Crippen LogP contribution in [0.3, 0.4) is 0 Å². The van der Waals surface area contributed by atoms with Crippen LogP contribution in [0.4, 0.5) is 0 Å². The van der Waals surface area contributed by atoms with Crippen LogP contribution in [0.25, 0.3) is 28.0 Å². The molecule has 32 heavy (non-hydrogen) atoms. The van der Waals surface area contributed by atoms with Crippen molar-refractivity contribution < 1.29 is 14.7 Å². The van der Waals surface area contributed by atoms with Crippen LogP contribution in [-0.2, 0) is 4.79 Å². The number of rotatable bonds is 7. The Morgan fingerprint density at radius 1 is 1.03 bits per heavy atom. The second kappa shape index (κ2) is 9.01. The van der Waals surface area contributed by atoms with E-state index in [1.807, 2.05) is 79.1 Å². The second-order valence-corrected chi connectivity index (χ2v) is 8.03. The van der Waals surface area contributed by atoms with Crippen LogP contribution in [0.15, 0.2) is 73.1 Å². The quantitative estimate of drug-likeness (QED) is 0.457. The zero-order valence-electron chi connectivity index (χ0n) is 17.9. The summed E-state index contributed by atoms with van der Waals surface area (Å²) in [6.45, 7) is 3.83. The van der Waals surface area contributed by atoms with Gasteiger partial charge in [-0.2, -0.15) is 0 Å². The highest BCUT2D eigenvalue weighted by molar-refractivity contribution is 5.96. The lowest BCUT2D eigenvalue weighted by Gasteiger charge is -2.15. The predicted molar refractivity (Wildman–Crippen MR) is 123 cm³/mol. The Balaban J connectivity index is 1.80. The van der Waals surface area contributed by atoms with Gasteiger partial charge in [0.1, 0.15) is 17.6 Å². The highest BCUT2D eigenvalue weighted by atomic mass is 16.4. The number of hydrogen-bond acceptors (Lipinski definition) is 4. The van der Waals surface area contributed by atoms with Crippen molar-refractivity contribution in [3.05, 3.63) is 78.8 Å². The Bertz CT molecular complexity index is 1260. The minimum absolute atomic E-state index is 0.122. The number of pyridine rings is 1. The van der Waals surface area contributed by atoms with Crippen molar-refractivity contribution in [3.8, 4) is 17.1 Å². The van der Waals surface area contributed by atoms with Crippen LogP contribution in [0.2, 0.25) is 0 Å². The van der Waals surface area contributed by atoms with Gasteiger partial charge in [-0.1, -0.05) is 62.4 Å². The first-order chi connectivity index (χ1) is 15.4. The van der Waals surface area contributed by atoms with Gasteiger partial charge in [0.15, 0.2) is 0 Å². The monoisotopic (exact) mass is 428 g/mol. The number of nitrogens with one attached hydrogen (secondary N) is 1. The maximum absolute atomic E-state index is 13.0. The summed E-state index contributed by atoms with van der Waals surface area (Å²) in [5, 5.41) is 13.0. The number of carboxylic acids is 1. The van der Waals surface area contributed by atoms with Gasteiger partial charge in [-0.3, -0.25) is 14.3 Å². The number of para-hydroxylation sites is 1. The summed E-state index contributed by atoms with van der Waals surface area (Å²) in [7, 11) is 0. The van der Waals surface area contributed by atoms with Crippen molar-refractivity contribution in [2.75, 3.05) is 0 Å². The topological polar surface area (TPSA) is 97.1 Å². The molecule has 0 fully saturated rings. The van der Waals surface area contributed by atoms with Crippen LogP contribution < -0.4 is 5.32 Å². The summed E-state index contributed by atoms with van der Waals surface area (Å²) in [5.41, 5.74) is 2.65. The Kier molecular flexibility index (Phi) is 5.98. The number of fused-ring (bicyclic) bond motifs is 1. The lowest BCUT2D eigenvalue weighted by molar-refractivity contribution is -0.139. The fourth-order valence-corrected chi connectivity index (χ4v) is 3.68. The predicted octanol–water partition coefficient (Wildman–Crippen LogP) is 4.32. The van der Waals surface area contributed by atoms with E-state index < -0.39 is 17.9 Å². The van der Waals surface area contributed by atoms with Gasteiger partial charge in [0.25, 0.3) is 5.91 Å². The molecular formula is C25H24N4O3. The molecule has 4 aromatic rings. The molecule has 1 atom stereocenters. The average molecular weight is 428 g/mol. The van der Waals surface area contributed by atoms with E-state index in [4.69, 9.17) is 0 Å². The van der Waals surface area contributed by atoms with E-state index in [1.54, 1.807) is 12.4 Å². The van der Waals surface area contributed by atoms with E-state index >= 15 is 0 Å². The zero-order valence-corrected chi connectivity index (χ0v) is 17.9. The number of carboxylic acid groups (broad SMARTS) is 1. The molecule has 1 amide bonds. The van der Waals surface area contributed by atoms with Gasteiger partial charge < -0.3 is 10.4 Å². The Labute approximate surface area is 185 Å². The number of imidazole rings is 1. The number of carbonyl (C=O) groups is 2. The molecule has 0 radical (unpaired) electrons. The maximum atomic E-state index is 13.0. The van der Waals surface area contributed by atoms with Crippen LogP contribution in [0.5, 0.6) is 0 Å². The molecule has 0 unspecified atom stereocenters. The normalized spacial score (nSPS) is 12.1. The Hall–Kier alpha value is -4.00. The first-order valence-electron chi connectivity index (χ1n) is 10.5. The van der Waals surface area contributed by atoms with Crippen LogP contribution in [0, 0.1) is 5.92 Å². The van der Waals surface area contributed by atoms with E-state index in [9.17, 15) is 14.7 Å². The molecule has 0 aliphatic carbocycles. The molecule has 0 saturated heterocycles. The van der Waals surface area contributed by atoms with Crippen molar-refractivity contribution in [3.63, 3.8) is 0 Å². The SMILES string of the molecule is CC(C)C[C@H](NC(=O)c1cn(-c2ccnc3ccccc23)c(-c2ccccc2)n1)C(=O)O. The third-order valence-corrected chi connectivity index (χ3v) is 5.17. The highest BCUT2D eigenvalue weighted by Gasteiger charge is 2.24. The minimum atomic E-state index is -1.06. The molecule has 7 heteroatoms. The number of hydrogen-bond donors (Lipinski definition) is 2. The van der Waals surface area contributed by atoms with Gasteiger partial charge in [0.05, 0.1) is 11.2 Å².